The van der Waals surface area contributed by atoms with Gasteiger partial charge in [-0.2, -0.15) is 8.96 Å². The number of carbonyl (C=O) groups excluding carboxylic acids is 2. The van der Waals surface area contributed by atoms with Crippen molar-refractivity contribution >= 4 is 11.8 Å². The van der Waals surface area contributed by atoms with Crippen molar-refractivity contribution in [3.05, 3.63) is 93.0 Å². The van der Waals surface area contributed by atoms with Crippen LogP contribution in [0.5, 0.6) is 0 Å². The minimum atomic E-state index is -1.45. The smallest absolute Gasteiger partial charge is 0.268 e. The summed E-state index contributed by atoms with van der Waals surface area (Å²) in [6, 6.07) is 5.53. The molecule has 25 heavy (non-hydrogen) atoms. The van der Waals surface area contributed by atoms with Crippen molar-refractivity contribution in [2.24, 2.45) is 0 Å². The fourth-order valence-corrected chi connectivity index (χ4v) is 2.10. The number of rotatable bonds is 2. The van der Waals surface area contributed by atoms with Gasteiger partial charge in [-0.25, -0.2) is 9.36 Å². The average Bonchev–Trinajstić information content (AvgIpc) is 2.65. The van der Waals surface area contributed by atoms with E-state index in [9.17, 15) is 23.6 Å². The van der Waals surface area contributed by atoms with Crippen LogP contribution in [0.3, 0.4) is 0 Å². The van der Waals surface area contributed by atoms with Crippen molar-refractivity contribution in [3.8, 4) is 0 Å². The largest absolute Gasteiger partial charge is 0.345 e. The third kappa shape index (κ3) is 2.90. The first-order chi connectivity index (χ1) is 12.0. The summed E-state index contributed by atoms with van der Waals surface area (Å²) in [6.45, 7) is 0. The standard InChI is InChI=1S/C16H9FN4O4/c17-12-9-20(13(22)10-3-1-5-18-7-10)16(25)21(15(12)24)14(23)11-4-2-6-19-8-11/h1-9H. The molecule has 9 heteroatoms. The van der Waals surface area contributed by atoms with Crippen LogP contribution >= 0.6 is 0 Å². The normalized spacial score (nSPS) is 10.4. The van der Waals surface area contributed by atoms with E-state index in [0.29, 0.717) is 10.8 Å². The second-order valence-electron chi connectivity index (χ2n) is 4.86. The van der Waals surface area contributed by atoms with Crippen molar-refractivity contribution in [2.75, 3.05) is 0 Å². The van der Waals surface area contributed by atoms with Crippen molar-refractivity contribution in [2.45, 2.75) is 0 Å². The molecule has 0 amide bonds. The third-order valence-corrected chi connectivity index (χ3v) is 3.29. The number of carbonyl (C=O) groups is 2. The van der Waals surface area contributed by atoms with Crippen LogP contribution in [-0.4, -0.2) is 30.9 Å². The number of aromatic nitrogens is 4. The summed E-state index contributed by atoms with van der Waals surface area (Å²) in [6.07, 6.45) is 5.53. The summed E-state index contributed by atoms with van der Waals surface area (Å²) in [4.78, 5) is 56.5. The molecule has 3 aromatic heterocycles. The Morgan fingerprint density at radius 3 is 2.00 bits per heavy atom. The van der Waals surface area contributed by atoms with E-state index in [2.05, 4.69) is 9.97 Å². The van der Waals surface area contributed by atoms with E-state index in [0.717, 1.165) is 6.20 Å². The first-order valence-electron chi connectivity index (χ1n) is 6.94. The molecule has 0 unspecified atom stereocenters. The average molecular weight is 340 g/mol. The first kappa shape index (κ1) is 16.1. The highest BCUT2D eigenvalue weighted by atomic mass is 19.1. The second-order valence-corrected chi connectivity index (χ2v) is 4.86. The van der Waals surface area contributed by atoms with Gasteiger partial charge in [0.2, 0.25) is 5.82 Å². The second kappa shape index (κ2) is 6.40. The van der Waals surface area contributed by atoms with E-state index in [4.69, 9.17) is 0 Å². The van der Waals surface area contributed by atoms with Crippen LogP contribution in [0.1, 0.15) is 20.7 Å². The molecule has 0 aliphatic rings. The van der Waals surface area contributed by atoms with Crippen LogP contribution in [0.4, 0.5) is 4.39 Å². The van der Waals surface area contributed by atoms with Gasteiger partial charge >= 0.3 is 5.69 Å². The molecule has 0 aromatic carbocycles. The Balaban J connectivity index is 2.20. The van der Waals surface area contributed by atoms with Crippen molar-refractivity contribution < 1.29 is 14.0 Å². The minimum absolute atomic E-state index is 0.0111. The molecule has 3 heterocycles. The maximum absolute atomic E-state index is 13.9. The van der Waals surface area contributed by atoms with Gasteiger partial charge in [0.15, 0.2) is 0 Å². The molecule has 0 bridgehead atoms. The summed E-state index contributed by atoms with van der Waals surface area (Å²) in [5.74, 6) is -3.44. The van der Waals surface area contributed by atoms with E-state index < -0.39 is 28.9 Å². The molecule has 0 N–H and O–H groups in total. The van der Waals surface area contributed by atoms with Gasteiger partial charge in [0.1, 0.15) is 0 Å². The first-order valence-corrected chi connectivity index (χ1v) is 6.94. The van der Waals surface area contributed by atoms with Crippen LogP contribution in [0.2, 0.25) is 0 Å². The highest BCUT2D eigenvalue weighted by Crippen LogP contribution is 2.01. The molecule has 0 atom stereocenters. The number of pyridine rings is 2. The Kier molecular flexibility index (Phi) is 4.12. The minimum Gasteiger partial charge on any atom is -0.268 e. The molecule has 0 aliphatic heterocycles. The van der Waals surface area contributed by atoms with Gasteiger partial charge in [0.25, 0.3) is 17.4 Å². The van der Waals surface area contributed by atoms with Gasteiger partial charge in [-0.05, 0) is 24.3 Å². The molecule has 0 fully saturated rings. The molecule has 3 rings (SSSR count). The zero-order valence-electron chi connectivity index (χ0n) is 12.5. The summed E-state index contributed by atoms with van der Waals surface area (Å²) >= 11 is 0. The van der Waals surface area contributed by atoms with Crippen molar-refractivity contribution in [3.63, 3.8) is 0 Å². The Labute approximate surface area is 138 Å². The predicted molar refractivity (Wildman–Crippen MR) is 82.9 cm³/mol. The fourth-order valence-electron chi connectivity index (χ4n) is 2.10. The van der Waals surface area contributed by atoms with Gasteiger partial charge in [0.05, 0.1) is 17.3 Å². The van der Waals surface area contributed by atoms with E-state index in [1.807, 2.05) is 0 Å². The lowest BCUT2D eigenvalue weighted by atomic mass is 10.2. The Hall–Kier alpha value is -3.75. The third-order valence-electron chi connectivity index (χ3n) is 3.29. The fraction of sp³-hybridized carbons (Fsp3) is 0. The molecule has 0 radical (unpaired) electrons. The lowest BCUT2D eigenvalue weighted by molar-refractivity contribution is 0.0927. The Morgan fingerprint density at radius 2 is 1.48 bits per heavy atom. The quantitative estimate of drug-likeness (QED) is 0.665. The molecule has 0 spiro atoms. The Bertz CT molecular complexity index is 1070. The van der Waals surface area contributed by atoms with Crippen LogP contribution in [0, 0.1) is 5.82 Å². The molecule has 0 saturated heterocycles. The monoisotopic (exact) mass is 340 g/mol. The Morgan fingerprint density at radius 1 is 0.920 bits per heavy atom. The SMILES string of the molecule is O=C(c1cccnc1)n1cc(F)c(=O)n(C(=O)c2cccnc2)c1=O. The van der Waals surface area contributed by atoms with E-state index in [1.165, 1.54) is 42.9 Å². The number of hydrogen-bond acceptors (Lipinski definition) is 6. The summed E-state index contributed by atoms with van der Waals surface area (Å²) < 4.78 is 14.3. The van der Waals surface area contributed by atoms with Crippen LogP contribution < -0.4 is 11.2 Å². The number of halogens is 1. The predicted octanol–water partition coefficient (Wildman–Crippen LogP) is 0.316. The maximum Gasteiger partial charge on any atom is 0.345 e. The van der Waals surface area contributed by atoms with Gasteiger partial charge < -0.3 is 0 Å². The molecule has 0 saturated carbocycles. The maximum atomic E-state index is 13.9. The summed E-state index contributed by atoms with van der Waals surface area (Å²) in [5, 5.41) is 0. The van der Waals surface area contributed by atoms with E-state index in [-0.39, 0.29) is 15.7 Å². The van der Waals surface area contributed by atoms with Gasteiger partial charge in [-0.1, -0.05) is 0 Å². The van der Waals surface area contributed by atoms with Gasteiger partial charge in [0, 0.05) is 24.8 Å². The van der Waals surface area contributed by atoms with Crippen molar-refractivity contribution in [1.29, 1.82) is 0 Å². The van der Waals surface area contributed by atoms with Gasteiger partial charge in [-0.3, -0.25) is 24.4 Å². The topological polar surface area (TPSA) is 104 Å². The van der Waals surface area contributed by atoms with E-state index >= 15 is 0 Å². The van der Waals surface area contributed by atoms with Crippen LogP contribution in [0.15, 0.2) is 64.8 Å². The zero-order chi connectivity index (χ0) is 18.0. The van der Waals surface area contributed by atoms with Crippen molar-refractivity contribution in [1.82, 2.24) is 19.1 Å². The van der Waals surface area contributed by atoms with Gasteiger partial charge in [-0.15, -0.1) is 0 Å². The molecule has 124 valence electrons. The highest BCUT2D eigenvalue weighted by molar-refractivity contribution is 5.97. The van der Waals surface area contributed by atoms with Crippen LogP contribution in [-0.2, 0) is 0 Å². The lowest BCUT2D eigenvalue weighted by Crippen LogP contribution is -2.46. The van der Waals surface area contributed by atoms with E-state index in [1.54, 1.807) is 0 Å². The lowest BCUT2D eigenvalue weighted by Gasteiger charge is -2.08. The summed E-state index contributed by atoms with van der Waals surface area (Å²) in [7, 11) is 0. The molecule has 3 aromatic rings. The number of hydrogen-bond donors (Lipinski definition) is 0. The van der Waals surface area contributed by atoms with Crippen LogP contribution in [0.25, 0.3) is 0 Å². The molecule has 8 nitrogen and oxygen atoms in total. The molecular formula is C16H9FN4O4. The highest BCUT2D eigenvalue weighted by Gasteiger charge is 2.22. The summed E-state index contributed by atoms with van der Waals surface area (Å²) in [5.41, 5.74) is -2.85. The zero-order valence-corrected chi connectivity index (χ0v) is 12.5. The molecule has 0 aliphatic carbocycles. The number of nitrogens with zero attached hydrogens (tertiary/aromatic N) is 4. The molecular weight excluding hydrogens is 331 g/mol.